The standard InChI is InChI=1S/C24H21ClS2/c1-3-16-5-9-18(10-6-16)20-13-22(26-15-20)24-21(14-23(25)27-24)19-11-7-17(4-2)8-12-19/h5-15H,3-4H2,1-2H3. The van der Waals surface area contributed by atoms with Gasteiger partial charge in [-0.2, -0.15) is 0 Å². The number of halogens is 1. The molecular formula is C24H21ClS2. The molecule has 0 aliphatic rings. The van der Waals surface area contributed by atoms with Crippen molar-refractivity contribution in [1.29, 1.82) is 0 Å². The molecule has 0 atom stereocenters. The van der Waals surface area contributed by atoms with Crippen LogP contribution in [0.3, 0.4) is 0 Å². The molecule has 0 aliphatic heterocycles. The van der Waals surface area contributed by atoms with E-state index in [1.54, 1.807) is 22.7 Å². The highest BCUT2D eigenvalue weighted by Gasteiger charge is 2.15. The summed E-state index contributed by atoms with van der Waals surface area (Å²) in [5.41, 5.74) is 7.73. The summed E-state index contributed by atoms with van der Waals surface area (Å²) in [5.74, 6) is 0. The molecule has 3 heteroatoms. The van der Waals surface area contributed by atoms with Crippen LogP contribution < -0.4 is 0 Å². The van der Waals surface area contributed by atoms with Crippen LogP contribution in [0.5, 0.6) is 0 Å². The lowest BCUT2D eigenvalue weighted by Crippen LogP contribution is -1.81. The third-order valence-electron chi connectivity index (χ3n) is 4.89. The van der Waals surface area contributed by atoms with Crippen LogP contribution in [0.2, 0.25) is 4.34 Å². The first-order chi connectivity index (χ1) is 13.2. The van der Waals surface area contributed by atoms with Gasteiger partial charge in [-0.1, -0.05) is 74.0 Å². The molecule has 4 rings (SSSR count). The number of aryl methyl sites for hydroxylation is 2. The van der Waals surface area contributed by atoms with E-state index in [1.165, 1.54) is 43.1 Å². The zero-order valence-electron chi connectivity index (χ0n) is 15.5. The second-order valence-corrected chi connectivity index (χ2v) is 9.19. The monoisotopic (exact) mass is 408 g/mol. The van der Waals surface area contributed by atoms with E-state index in [9.17, 15) is 0 Å². The summed E-state index contributed by atoms with van der Waals surface area (Å²) in [5, 5.41) is 2.24. The van der Waals surface area contributed by atoms with E-state index in [1.807, 2.05) is 0 Å². The highest BCUT2D eigenvalue weighted by Crippen LogP contribution is 2.44. The molecular weight excluding hydrogens is 388 g/mol. The molecule has 0 spiro atoms. The Kier molecular flexibility index (Phi) is 5.49. The van der Waals surface area contributed by atoms with Crippen molar-refractivity contribution in [2.45, 2.75) is 26.7 Å². The molecule has 0 aliphatic carbocycles. The van der Waals surface area contributed by atoms with Gasteiger partial charge in [0.15, 0.2) is 0 Å². The lowest BCUT2D eigenvalue weighted by Gasteiger charge is -2.04. The fourth-order valence-corrected chi connectivity index (χ4v) is 5.52. The Morgan fingerprint density at radius 1 is 0.741 bits per heavy atom. The van der Waals surface area contributed by atoms with Crippen molar-refractivity contribution in [3.8, 4) is 32.0 Å². The van der Waals surface area contributed by atoms with Gasteiger partial charge in [0.2, 0.25) is 0 Å². The van der Waals surface area contributed by atoms with Gasteiger partial charge in [-0.05, 0) is 58.2 Å². The number of hydrogen-bond donors (Lipinski definition) is 0. The van der Waals surface area contributed by atoms with E-state index in [-0.39, 0.29) is 0 Å². The fraction of sp³-hybridized carbons (Fsp3) is 0.167. The summed E-state index contributed by atoms with van der Waals surface area (Å²) in [4.78, 5) is 2.53. The second-order valence-electron chi connectivity index (χ2n) is 6.59. The topological polar surface area (TPSA) is 0 Å². The van der Waals surface area contributed by atoms with Crippen molar-refractivity contribution in [3.05, 3.63) is 81.5 Å². The van der Waals surface area contributed by atoms with E-state index >= 15 is 0 Å². The Morgan fingerprint density at radius 3 is 1.93 bits per heavy atom. The number of hydrogen-bond acceptors (Lipinski definition) is 2. The van der Waals surface area contributed by atoms with Crippen LogP contribution in [-0.4, -0.2) is 0 Å². The van der Waals surface area contributed by atoms with E-state index in [0.717, 1.165) is 17.2 Å². The number of rotatable bonds is 5. The van der Waals surface area contributed by atoms with E-state index in [4.69, 9.17) is 11.6 Å². The van der Waals surface area contributed by atoms with Gasteiger partial charge in [0.05, 0.1) is 9.21 Å². The predicted octanol–water partition coefficient (Wildman–Crippen LogP) is 8.59. The van der Waals surface area contributed by atoms with Crippen LogP contribution in [0.1, 0.15) is 25.0 Å². The van der Waals surface area contributed by atoms with Crippen molar-refractivity contribution in [2.75, 3.05) is 0 Å². The molecule has 2 aromatic heterocycles. The van der Waals surface area contributed by atoms with Crippen LogP contribution in [0, 0.1) is 0 Å². The van der Waals surface area contributed by atoms with E-state index in [2.05, 4.69) is 79.9 Å². The first kappa shape index (κ1) is 18.5. The highest BCUT2D eigenvalue weighted by atomic mass is 35.5. The van der Waals surface area contributed by atoms with Gasteiger partial charge in [0.25, 0.3) is 0 Å². The zero-order chi connectivity index (χ0) is 18.8. The van der Waals surface area contributed by atoms with Gasteiger partial charge in [-0.25, -0.2) is 0 Å². The smallest absolute Gasteiger partial charge is 0.0941 e. The Morgan fingerprint density at radius 2 is 1.33 bits per heavy atom. The molecule has 0 saturated heterocycles. The van der Waals surface area contributed by atoms with E-state index < -0.39 is 0 Å². The maximum absolute atomic E-state index is 6.40. The fourth-order valence-electron chi connectivity index (χ4n) is 3.22. The van der Waals surface area contributed by atoms with Gasteiger partial charge in [-0.3, -0.25) is 0 Å². The van der Waals surface area contributed by atoms with Gasteiger partial charge in [-0.15, -0.1) is 22.7 Å². The minimum absolute atomic E-state index is 0.835. The maximum Gasteiger partial charge on any atom is 0.0941 e. The molecule has 4 aromatic rings. The Balaban J connectivity index is 1.70. The summed E-state index contributed by atoms with van der Waals surface area (Å²) in [6.07, 6.45) is 2.13. The van der Waals surface area contributed by atoms with Crippen LogP contribution >= 0.6 is 34.3 Å². The average molecular weight is 409 g/mol. The van der Waals surface area contributed by atoms with Gasteiger partial charge < -0.3 is 0 Å². The van der Waals surface area contributed by atoms with Gasteiger partial charge >= 0.3 is 0 Å². The highest BCUT2D eigenvalue weighted by molar-refractivity contribution is 7.24. The summed E-state index contributed by atoms with van der Waals surface area (Å²) in [7, 11) is 0. The molecule has 0 radical (unpaired) electrons. The molecule has 0 fully saturated rings. The van der Waals surface area contributed by atoms with Crippen molar-refractivity contribution in [2.24, 2.45) is 0 Å². The van der Waals surface area contributed by atoms with Crippen LogP contribution in [0.4, 0.5) is 0 Å². The third-order valence-corrected chi connectivity index (χ3v) is 7.27. The molecule has 0 saturated carbocycles. The van der Waals surface area contributed by atoms with Gasteiger partial charge in [0, 0.05) is 10.4 Å². The predicted molar refractivity (Wildman–Crippen MR) is 122 cm³/mol. The van der Waals surface area contributed by atoms with Crippen molar-refractivity contribution in [3.63, 3.8) is 0 Å². The summed E-state index contributed by atoms with van der Waals surface area (Å²) >= 11 is 9.86. The summed E-state index contributed by atoms with van der Waals surface area (Å²) in [6, 6.07) is 22.1. The molecule has 0 unspecified atom stereocenters. The summed E-state index contributed by atoms with van der Waals surface area (Å²) in [6.45, 7) is 4.37. The van der Waals surface area contributed by atoms with Crippen molar-refractivity contribution >= 4 is 34.3 Å². The first-order valence-corrected chi connectivity index (χ1v) is 11.3. The quantitative estimate of drug-likeness (QED) is 0.310. The maximum atomic E-state index is 6.40. The van der Waals surface area contributed by atoms with Crippen molar-refractivity contribution < 1.29 is 0 Å². The average Bonchev–Trinajstić information content (AvgIpc) is 3.35. The van der Waals surface area contributed by atoms with Crippen LogP contribution in [-0.2, 0) is 12.8 Å². The molecule has 2 heterocycles. The van der Waals surface area contributed by atoms with Crippen LogP contribution in [0.25, 0.3) is 32.0 Å². The molecule has 27 heavy (non-hydrogen) atoms. The number of thiophene rings is 2. The Bertz CT molecular complexity index is 1040. The minimum Gasteiger partial charge on any atom is -0.142 e. The second kappa shape index (κ2) is 8.02. The molecule has 0 N–H and O–H groups in total. The van der Waals surface area contributed by atoms with Gasteiger partial charge in [0.1, 0.15) is 0 Å². The lowest BCUT2D eigenvalue weighted by molar-refractivity contribution is 1.14. The normalized spacial score (nSPS) is 11.1. The zero-order valence-corrected chi connectivity index (χ0v) is 17.8. The SMILES string of the molecule is CCc1ccc(-c2csc(-c3sc(Cl)cc3-c3ccc(CC)cc3)c2)cc1. The number of benzene rings is 2. The third kappa shape index (κ3) is 3.89. The van der Waals surface area contributed by atoms with E-state index in [0.29, 0.717) is 0 Å². The Labute approximate surface area is 174 Å². The Hall–Kier alpha value is -1.87. The molecule has 0 amide bonds. The lowest BCUT2D eigenvalue weighted by atomic mass is 10.0. The molecule has 0 bridgehead atoms. The van der Waals surface area contributed by atoms with Crippen molar-refractivity contribution in [1.82, 2.24) is 0 Å². The van der Waals surface area contributed by atoms with Crippen LogP contribution in [0.15, 0.2) is 66.0 Å². The molecule has 2 aromatic carbocycles. The minimum atomic E-state index is 0.835. The molecule has 0 nitrogen and oxygen atoms in total. The first-order valence-electron chi connectivity index (χ1n) is 9.24. The molecule has 136 valence electrons. The summed E-state index contributed by atoms with van der Waals surface area (Å²) < 4.78 is 0.835. The largest absolute Gasteiger partial charge is 0.142 e.